The van der Waals surface area contributed by atoms with Crippen molar-refractivity contribution in [1.29, 1.82) is 0 Å². The van der Waals surface area contributed by atoms with Gasteiger partial charge < -0.3 is 5.73 Å². The molecule has 0 aromatic heterocycles. The summed E-state index contributed by atoms with van der Waals surface area (Å²) in [6, 6.07) is 0. The molecular formula is C20H39N3. The Kier molecular flexibility index (Phi) is 12.2. The van der Waals surface area contributed by atoms with E-state index in [1.165, 1.54) is 83.5 Å². The summed E-state index contributed by atoms with van der Waals surface area (Å²) in [5.41, 5.74) is 5.97. The average Bonchev–Trinajstić information content (AvgIpc) is 3.00. The molecular weight excluding hydrogens is 282 g/mol. The van der Waals surface area contributed by atoms with E-state index in [2.05, 4.69) is 23.4 Å². The molecule has 1 rings (SSSR count). The van der Waals surface area contributed by atoms with Gasteiger partial charge in [0.15, 0.2) is 0 Å². The summed E-state index contributed by atoms with van der Waals surface area (Å²) in [6.07, 6.45) is 22.1. The molecule has 0 saturated carbocycles. The van der Waals surface area contributed by atoms with Gasteiger partial charge in [0.25, 0.3) is 0 Å². The second kappa shape index (κ2) is 13.7. The van der Waals surface area contributed by atoms with E-state index in [0.717, 1.165) is 6.54 Å². The van der Waals surface area contributed by atoms with Crippen LogP contribution in [0.25, 0.3) is 0 Å². The topological polar surface area (TPSA) is 41.6 Å². The number of rotatable bonds is 15. The SMILES string of the molecule is C=CCCCCCCCCCCCCCC1N=CCN1C(C)N. The first kappa shape index (κ1) is 20.4. The fraction of sp³-hybridized carbons (Fsp3) is 0.850. The Morgan fingerprint density at radius 2 is 1.57 bits per heavy atom. The van der Waals surface area contributed by atoms with Crippen LogP contribution in [0.1, 0.15) is 90.4 Å². The van der Waals surface area contributed by atoms with Gasteiger partial charge in [0.2, 0.25) is 0 Å². The van der Waals surface area contributed by atoms with Gasteiger partial charge in [0.05, 0.1) is 6.17 Å². The van der Waals surface area contributed by atoms with Crippen LogP contribution in [0, 0.1) is 0 Å². The van der Waals surface area contributed by atoms with Crippen molar-refractivity contribution in [2.24, 2.45) is 10.7 Å². The minimum atomic E-state index is 0.124. The molecule has 0 spiro atoms. The van der Waals surface area contributed by atoms with Crippen LogP contribution in [0.2, 0.25) is 0 Å². The van der Waals surface area contributed by atoms with E-state index in [9.17, 15) is 0 Å². The van der Waals surface area contributed by atoms with E-state index < -0.39 is 0 Å². The van der Waals surface area contributed by atoms with Gasteiger partial charge in [-0.1, -0.05) is 63.9 Å². The van der Waals surface area contributed by atoms with Crippen LogP contribution in [0.5, 0.6) is 0 Å². The zero-order valence-electron chi connectivity index (χ0n) is 15.4. The predicted molar refractivity (Wildman–Crippen MR) is 103 cm³/mol. The highest BCUT2D eigenvalue weighted by molar-refractivity contribution is 5.62. The molecule has 2 atom stereocenters. The van der Waals surface area contributed by atoms with Gasteiger partial charge in [0.1, 0.15) is 6.17 Å². The van der Waals surface area contributed by atoms with E-state index in [1.54, 1.807) is 0 Å². The van der Waals surface area contributed by atoms with E-state index in [0.29, 0.717) is 6.17 Å². The van der Waals surface area contributed by atoms with Crippen molar-refractivity contribution in [3.63, 3.8) is 0 Å². The molecule has 0 aromatic rings. The van der Waals surface area contributed by atoms with Crippen LogP contribution in [0.3, 0.4) is 0 Å². The number of aliphatic imine (C=N–C) groups is 1. The molecule has 0 fully saturated rings. The largest absolute Gasteiger partial charge is 0.316 e. The second-order valence-electron chi connectivity index (χ2n) is 7.00. The third-order valence-corrected chi connectivity index (χ3v) is 4.85. The summed E-state index contributed by atoms with van der Waals surface area (Å²) in [5, 5.41) is 0. The fourth-order valence-corrected chi connectivity index (χ4v) is 3.36. The molecule has 0 amide bonds. The molecule has 3 nitrogen and oxygen atoms in total. The van der Waals surface area contributed by atoms with Crippen LogP contribution in [0.15, 0.2) is 17.6 Å². The maximum absolute atomic E-state index is 5.97. The number of nitrogens with zero attached hydrogens (tertiary/aromatic N) is 2. The lowest BCUT2D eigenvalue weighted by atomic mass is 10.0. The Bertz CT molecular complexity index is 312. The molecule has 1 aliphatic rings. The molecule has 2 N–H and O–H groups in total. The van der Waals surface area contributed by atoms with E-state index in [4.69, 9.17) is 5.73 Å². The van der Waals surface area contributed by atoms with Gasteiger partial charge in [-0.25, -0.2) is 0 Å². The monoisotopic (exact) mass is 321 g/mol. The van der Waals surface area contributed by atoms with E-state index in [1.807, 2.05) is 12.3 Å². The predicted octanol–water partition coefficient (Wildman–Crippen LogP) is 5.26. The second-order valence-corrected chi connectivity index (χ2v) is 7.00. The van der Waals surface area contributed by atoms with E-state index in [-0.39, 0.29) is 6.17 Å². The molecule has 2 unspecified atom stereocenters. The lowest BCUT2D eigenvalue weighted by Gasteiger charge is -2.26. The lowest BCUT2D eigenvalue weighted by Crippen LogP contribution is -2.43. The fourth-order valence-electron chi connectivity index (χ4n) is 3.36. The van der Waals surface area contributed by atoms with Crippen molar-refractivity contribution in [1.82, 2.24) is 4.90 Å². The van der Waals surface area contributed by atoms with Crippen LogP contribution in [-0.4, -0.2) is 30.0 Å². The number of hydrogen-bond acceptors (Lipinski definition) is 3. The Labute approximate surface area is 144 Å². The number of hydrogen-bond donors (Lipinski definition) is 1. The summed E-state index contributed by atoms with van der Waals surface area (Å²) < 4.78 is 0. The first-order valence-electron chi connectivity index (χ1n) is 9.89. The average molecular weight is 322 g/mol. The van der Waals surface area contributed by atoms with Crippen molar-refractivity contribution in [2.45, 2.75) is 103 Å². The summed E-state index contributed by atoms with van der Waals surface area (Å²) in [4.78, 5) is 6.83. The third kappa shape index (κ3) is 9.93. The number of allylic oxidation sites excluding steroid dienone is 1. The quantitative estimate of drug-likeness (QED) is 0.330. The molecule has 3 heteroatoms. The van der Waals surface area contributed by atoms with Gasteiger partial charge in [0, 0.05) is 12.8 Å². The molecule has 23 heavy (non-hydrogen) atoms. The Hall–Kier alpha value is -0.670. The maximum atomic E-state index is 5.97. The first-order valence-corrected chi connectivity index (χ1v) is 9.89. The lowest BCUT2D eigenvalue weighted by molar-refractivity contribution is 0.182. The highest BCUT2D eigenvalue weighted by atomic mass is 15.3. The van der Waals surface area contributed by atoms with Crippen molar-refractivity contribution in [3.8, 4) is 0 Å². The van der Waals surface area contributed by atoms with Crippen LogP contribution >= 0.6 is 0 Å². The summed E-state index contributed by atoms with van der Waals surface area (Å²) in [6.45, 7) is 6.75. The van der Waals surface area contributed by atoms with Crippen molar-refractivity contribution < 1.29 is 0 Å². The number of nitrogens with two attached hydrogens (primary N) is 1. The normalized spacial score (nSPS) is 19.3. The molecule has 0 aromatic carbocycles. The van der Waals surface area contributed by atoms with Crippen LogP contribution < -0.4 is 5.73 Å². The van der Waals surface area contributed by atoms with Crippen molar-refractivity contribution >= 4 is 6.21 Å². The van der Waals surface area contributed by atoms with Gasteiger partial charge in [-0.05, 0) is 32.6 Å². The number of unbranched alkanes of at least 4 members (excludes halogenated alkanes) is 11. The third-order valence-electron chi connectivity index (χ3n) is 4.85. The highest BCUT2D eigenvalue weighted by Crippen LogP contribution is 2.17. The maximum Gasteiger partial charge on any atom is 0.103 e. The van der Waals surface area contributed by atoms with Crippen LogP contribution in [0.4, 0.5) is 0 Å². The minimum Gasteiger partial charge on any atom is -0.316 e. The summed E-state index contributed by atoms with van der Waals surface area (Å²) in [5.74, 6) is 0. The molecule has 0 bridgehead atoms. The zero-order chi connectivity index (χ0) is 16.8. The Balaban J connectivity index is 1.81. The smallest absolute Gasteiger partial charge is 0.103 e. The standard InChI is InChI=1S/C20H39N3/c1-3-4-5-6-7-8-9-10-11-12-13-14-15-16-20-22-17-18-23(20)19(2)21/h3,17,19-20H,1,4-16,18,21H2,2H3. The van der Waals surface area contributed by atoms with Crippen molar-refractivity contribution in [2.75, 3.05) is 6.54 Å². The van der Waals surface area contributed by atoms with Gasteiger partial charge in [-0.15, -0.1) is 6.58 Å². The van der Waals surface area contributed by atoms with Gasteiger partial charge in [-0.2, -0.15) is 0 Å². The van der Waals surface area contributed by atoms with Crippen molar-refractivity contribution in [3.05, 3.63) is 12.7 Å². The molecule has 1 aliphatic heterocycles. The van der Waals surface area contributed by atoms with Crippen LogP contribution in [-0.2, 0) is 0 Å². The Morgan fingerprint density at radius 3 is 2.09 bits per heavy atom. The molecule has 0 saturated heterocycles. The molecule has 0 radical (unpaired) electrons. The van der Waals surface area contributed by atoms with Gasteiger partial charge >= 0.3 is 0 Å². The summed E-state index contributed by atoms with van der Waals surface area (Å²) >= 11 is 0. The highest BCUT2D eigenvalue weighted by Gasteiger charge is 2.22. The minimum absolute atomic E-state index is 0.124. The van der Waals surface area contributed by atoms with E-state index >= 15 is 0 Å². The summed E-state index contributed by atoms with van der Waals surface area (Å²) in [7, 11) is 0. The Morgan fingerprint density at radius 1 is 1.04 bits per heavy atom. The zero-order valence-corrected chi connectivity index (χ0v) is 15.4. The molecule has 134 valence electrons. The molecule has 0 aliphatic carbocycles. The molecule has 1 heterocycles. The van der Waals surface area contributed by atoms with Gasteiger partial charge in [-0.3, -0.25) is 9.89 Å². The first-order chi connectivity index (χ1) is 11.3.